The van der Waals surface area contributed by atoms with Gasteiger partial charge in [0, 0.05) is 108 Å². The highest BCUT2D eigenvalue weighted by molar-refractivity contribution is 6.29. The Balaban J connectivity index is 0.855. The summed E-state index contributed by atoms with van der Waals surface area (Å²) >= 11 is 0. The number of oxime groups is 2. The maximum atomic E-state index is 16.4. The number of hydrogen-bond acceptors (Lipinski definition) is 9. The first-order chi connectivity index (χ1) is 52.0. The third kappa shape index (κ3) is 14.7. The molecule has 2 atom stereocenters. The second kappa shape index (κ2) is 31.5. The molecule has 0 saturated heterocycles. The molecule has 0 aliphatic heterocycles. The van der Waals surface area contributed by atoms with Crippen molar-refractivity contribution < 1.29 is 69.0 Å². The van der Waals surface area contributed by atoms with Crippen LogP contribution in [0.15, 0.2) is 180 Å². The second-order valence-electron chi connectivity index (χ2n) is 29.1. The van der Waals surface area contributed by atoms with Gasteiger partial charge < -0.3 is 28.7 Å². The van der Waals surface area contributed by atoms with E-state index in [2.05, 4.69) is 47.1 Å². The Labute approximate surface area is 628 Å². The number of aromatic nitrogens is 2. The van der Waals surface area contributed by atoms with Crippen molar-refractivity contribution >= 4 is 94.1 Å². The van der Waals surface area contributed by atoms with Crippen molar-refractivity contribution in [1.29, 1.82) is 0 Å². The van der Waals surface area contributed by atoms with Crippen molar-refractivity contribution in [1.82, 2.24) is 9.13 Å². The largest absolute Gasteiger partial charge is 0.486 e. The summed E-state index contributed by atoms with van der Waals surface area (Å²) in [5, 5.41) is 24.1. The number of aryl methyl sites for hydroxylation is 6. The van der Waals surface area contributed by atoms with Gasteiger partial charge in [0.1, 0.15) is 22.9 Å². The number of nitrogens with zero attached hydrogens (tertiary/aromatic N) is 4. The Morgan fingerprint density at radius 2 is 0.807 bits per heavy atom. The maximum absolute atomic E-state index is 16.4. The molecule has 10 aromatic carbocycles. The van der Waals surface area contributed by atoms with Gasteiger partial charge in [0.25, 0.3) is 0 Å². The van der Waals surface area contributed by atoms with E-state index in [-0.39, 0.29) is 57.1 Å². The number of carbonyl (C=O) groups excluding carboxylic acids is 3. The van der Waals surface area contributed by atoms with Crippen LogP contribution in [0.25, 0.3) is 65.2 Å². The fourth-order valence-corrected chi connectivity index (χ4v) is 15.9. The predicted octanol–water partition coefficient (Wildman–Crippen LogP) is 23.5. The maximum Gasteiger partial charge on any atom is 0.381 e. The lowest BCUT2D eigenvalue weighted by atomic mass is 9.89. The summed E-state index contributed by atoms with van der Waals surface area (Å²) in [5.41, 5.74) is 9.45. The zero-order valence-corrected chi connectivity index (χ0v) is 63.0. The minimum Gasteiger partial charge on any atom is -0.486 e. The van der Waals surface area contributed by atoms with Crippen LogP contribution in [0.3, 0.4) is 0 Å². The highest BCUT2D eigenvalue weighted by atomic mass is 19.4. The minimum absolute atomic E-state index is 0.160. The Kier molecular flexibility index (Phi) is 22.5. The number of carbonyl (C=O) groups is 3. The van der Waals surface area contributed by atoms with Gasteiger partial charge in [-0.1, -0.05) is 197 Å². The van der Waals surface area contributed by atoms with E-state index < -0.39 is 54.4 Å². The molecular formula is C90H88F8N4O7. The van der Waals surface area contributed by atoms with Crippen LogP contribution < -0.4 is 9.47 Å². The molecule has 566 valence electrons. The molecule has 0 aliphatic rings. The molecule has 12 aromatic rings. The van der Waals surface area contributed by atoms with Gasteiger partial charge in [-0.3, -0.25) is 9.59 Å². The van der Waals surface area contributed by atoms with Gasteiger partial charge >= 0.3 is 29.7 Å². The molecule has 0 amide bonds. The Morgan fingerprint density at radius 3 is 1.18 bits per heavy atom. The van der Waals surface area contributed by atoms with Gasteiger partial charge in [-0.05, 0) is 160 Å². The highest BCUT2D eigenvalue weighted by Gasteiger charge is 2.81. The number of para-hydroxylation sites is 2. The van der Waals surface area contributed by atoms with Crippen LogP contribution in [-0.2, 0) is 22.7 Å². The van der Waals surface area contributed by atoms with Crippen LogP contribution in [0, 0.1) is 53.4 Å². The van der Waals surface area contributed by atoms with Crippen molar-refractivity contribution in [2.75, 3.05) is 13.2 Å². The summed E-state index contributed by atoms with van der Waals surface area (Å²) in [6.45, 7) is 17.0. The monoisotopic (exact) mass is 1490 g/mol. The Hall–Kier alpha value is -10.7. The summed E-state index contributed by atoms with van der Waals surface area (Å²) in [6, 6.07) is 46.9. The van der Waals surface area contributed by atoms with Crippen LogP contribution in [0.1, 0.15) is 173 Å². The topological polar surface area (TPSA) is 134 Å². The third-order valence-corrected chi connectivity index (χ3v) is 21.3. The lowest BCUT2D eigenvalue weighted by molar-refractivity contribution is -0.371. The van der Waals surface area contributed by atoms with E-state index in [0.29, 0.717) is 62.3 Å². The van der Waals surface area contributed by atoms with E-state index in [4.69, 9.17) is 14.3 Å². The molecule has 12 rings (SSSR count). The van der Waals surface area contributed by atoms with Crippen LogP contribution in [-0.4, -0.2) is 80.2 Å². The van der Waals surface area contributed by atoms with Crippen molar-refractivity contribution in [3.63, 3.8) is 0 Å². The van der Waals surface area contributed by atoms with Crippen molar-refractivity contribution in [2.24, 2.45) is 22.1 Å². The van der Waals surface area contributed by atoms with Gasteiger partial charge in [-0.15, -0.1) is 0 Å². The van der Waals surface area contributed by atoms with Gasteiger partial charge in [0.15, 0.2) is 24.8 Å². The van der Waals surface area contributed by atoms with Crippen LogP contribution in [0.2, 0.25) is 0 Å². The van der Waals surface area contributed by atoms with Crippen LogP contribution in [0.4, 0.5) is 35.1 Å². The van der Waals surface area contributed by atoms with Crippen LogP contribution >= 0.6 is 0 Å². The first-order valence-electron chi connectivity index (χ1n) is 37.2. The van der Waals surface area contributed by atoms with Gasteiger partial charge in [0.05, 0.1) is 11.0 Å². The molecule has 2 aromatic heterocycles. The Bertz CT molecular complexity index is 5550. The van der Waals surface area contributed by atoms with Crippen LogP contribution in [0.5, 0.6) is 11.5 Å². The average Bonchev–Trinajstić information content (AvgIpc) is 1.66. The standard InChI is InChI=1S/C90H88F8N4O7/c1-12-16-26-59(14-3)48-101-75-38-36-61(44-69(75)71-46-73(63-28-18-20-30-65(63)83(71)101)85(104)79-54(7)40-52(5)41-55(79)8)81(99-106)67-32-22-24-34-77(67)107-50-87(91,92)89(95,96)90(97,98)88(93,94)51-108-78-35-25-23-33-68(78)82(100-109-58(11)103)62-37-39-76-70(45-62)72-47-74(86(105)80-56(9)42-53(6)43-57(80)10)64-29-19-21-31-66(64)84(72)102(76)49-60(15-4)27-17-13-2/h18-25,28-47,59-60,106H,12-17,26-27,48-51H2,1-11H3. The van der Waals surface area contributed by atoms with E-state index >= 15 is 39.9 Å². The zero-order chi connectivity index (χ0) is 78.2. The molecule has 11 nitrogen and oxygen atoms in total. The summed E-state index contributed by atoms with van der Waals surface area (Å²) in [5.74, 6) is -28.0. The lowest BCUT2D eigenvalue weighted by Crippen LogP contribution is -2.65. The fraction of sp³-hybridized carbons (Fsp3) is 0.322. The summed E-state index contributed by atoms with van der Waals surface area (Å²) in [4.78, 5) is 47.8. The van der Waals surface area contributed by atoms with E-state index in [1.807, 2.05) is 126 Å². The zero-order valence-electron chi connectivity index (χ0n) is 63.0. The molecule has 0 fully saturated rings. The molecular weight excluding hydrogens is 1400 g/mol. The van der Waals surface area contributed by atoms with E-state index in [1.54, 1.807) is 36.4 Å². The number of ketones is 2. The molecule has 0 aliphatic carbocycles. The van der Waals surface area contributed by atoms with Gasteiger partial charge in [-0.25, -0.2) is 4.79 Å². The van der Waals surface area contributed by atoms with Crippen molar-refractivity contribution in [3.8, 4) is 11.5 Å². The number of hydrogen-bond donors (Lipinski definition) is 1. The molecule has 2 unspecified atom stereocenters. The van der Waals surface area contributed by atoms with Gasteiger partial charge in [0.2, 0.25) is 0 Å². The van der Waals surface area contributed by atoms with Crippen molar-refractivity contribution in [2.45, 2.75) is 164 Å². The first kappa shape index (κ1) is 77.9. The summed E-state index contributed by atoms with van der Waals surface area (Å²) < 4.78 is 145. The molecule has 0 saturated carbocycles. The number of benzene rings is 10. The van der Waals surface area contributed by atoms with E-state index in [0.717, 1.165) is 142 Å². The second-order valence-corrected chi connectivity index (χ2v) is 29.1. The minimum atomic E-state index is -6.85. The summed E-state index contributed by atoms with van der Waals surface area (Å²) in [7, 11) is 0. The molecule has 109 heavy (non-hydrogen) atoms. The fourth-order valence-electron chi connectivity index (χ4n) is 15.9. The van der Waals surface area contributed by atoms with Crippen molar-refractivity contribution in [3.05, 3.63) is 248 Å². The third-order valence-electron chi connectivity index (χ3n) is 21.3. The number of alkyl halides is 8. The SMILES string of the molecule is CCCCC(CC)Cn1c2ccc(C(=NO)c3ccccc3OCC(F)(F)C(F)(F)C(F)(F)C(F)(F)COc3ccccc3C(=NOC(C)=O)c3ccc4c(c3)c3cc(C(=O)c5c(C)cc(C)cc5C)c5ccccc5c3n4CC(CC)CCCC)cc2c2cc(C(=O)c3c(C)cc(C)cc3C)c3ccccc3c21. The molecule has 2 heterocycles. The van der Waals surface area contributed by atoms with E-state index in [1.165, 1.54) is 36.4 Å². The normalized spacial score (nSPS) is 13.3. The number of unbranched alkanes of at least 4 members (excludes halogenated alkanes) is 2. The van der Waals surface area contributed by atoms with E-state index in [9.17, 15) is 14.8 Å². The number of fused-ring (bicyclic) bond motifs is 10. The lowest BCUT2D eigenvalue weighted by Gasteiger charge is -2.36. The molecule has 0 spiro atoms. The molecule has 1 N–H and O–H groups in total. The predicted molar refractivity (Wildman–Crippen MR) is 417 cm³/mol. The first-order valence-corrected chi connectivity index (χ1v) is 37.2. The molecule has 19 heteroatoms. The smallest absolute Gasteiger partial charge is 0.381 e. The Morgan fingerprint density at radius 1 is 0.440 bits per heavy atom. The highest BCUT2D eigenvalue weighted by Crippen LogP contribution is 2.53. The molecule has 0 bridgehead atoms. The summed E-state index contributed by atoms with van der Waals surface area (Å²) in [6.07, 6.45) is 7.51. The quantitative estimate of drug-likeness (QED) is 0.0118. The number of rotatable bonds is 30. The number of ether oxygens (including phenoxy) is 2. The number of halogens is 8. The van der Waals surface area contributed by atoms with Gasteiger partial charge in [-0.2, -0.15) is 35.1 Å². The average molecular weight is 1490 g/mol. The molecule has 0 radical (unpaired) electrons.